The van der Waals surface area contributed by atoms with Crippen LogP contribution in [-0.2, 0) is 4.79 Å². The molecule has 2 N–H and O–H groups in total. The van der Waals surface area contributed by atoms with Crippen LogP contribution in [0.5, 0.6) is 0 Å². The molecule has 7 nitrogen and oxygen atoms in total. The molecule has 8 heteroatoms. The molecule has 0 fully saturated rings. The van der Waals surface area contributed by atoms with Gasteiger partial charge in [0, 0.05) is 6.54 Å². The van der Waals surface area contributed by atoms with Gasteiger partial charge in [-0.1, -0.05) is 60.3 Å². The molecule has 1 heterocycles. The monoisotopic (exact) mass is 395 g/mol. The van der Waals surface area contributed by atoms with Crippen molar-refractivity contribution < 1.29 is 9.59 Å². The van der Waals surface area contributed by atoms with Gasteiger partial charge in [-0.2, -0.15) is 0 Å². The molecular weight excluding hydrogens is 374 g/mol. The topological polar surface area (TPSA) is 88.9 Å². The van der Waals surface area contributed by atoms with Crippen molar-refractivity contribution in [2.45, 2.75) is 24.3 Å². The van der Waals surface area contributed by atoms with E-state index in [1.807, 2.05) is 66.1 Å². The molecule has 0 unspecified atom stereocenters. The number of para-hydroxylation sites is 1. The Kier molecular flexibility index (Phi) is 6.44. The second-order valence-electron chi connectivity index (χ2n) is 6.03. The van der Waals surface area contributed by atoms with Gasteiger partial charge in [-0.25, -0.2) is 4.79 Å². The second kappa shape index (κ2) is 9.18. The van der Waals surface area contributed by atoms with Crippen LogP contribution >= 0.6 is 11.8 Å². The van der Waals surface area contributed by atoms with E-state index in [-0.39, 0.29) is 0 Å². The number of urea groups is 1. The molecule has 3 amide bonds. The van der Waals surface area contributed by atoms with Crippen molar-refractivity contribution in [2.24, 2.45) is 0 Å². The fourth-order valence-corrected chi connectivity index (χ4v) is 3.72. The number of nitrogens with one attached hydrogen (secondary N) is 2. The fourth-order valence-electron chi connectivity index (χ4n) is 2.69. The SMILES string of the molecule is CCNC(=O)NC(=O)[C@@H](Sc1nncn1-c1ccccc1C)c1ccccc1. The lowest BCUT2D eigenvalue weighted by Gasteiger charge is -2.17. The molecule has 0 saturated heterocycles. The van der Waals surface area contributed by atoms with E-state index in [0.717, 1.165) is 16.8 Å². The molecule has 0 saturated carbocycles. The van der Waals surface area contributed by atoms with Crippen molar-refractivity contribution in [2.75, 3.05) is 6.54 Å². The minimum absolute atomic E-state index is 0.415. The van der Waals surface area contributed by atoms with E-state index >= 15 is 0 Å². The highest BCUT2D eigenvalue weighted by Gasteiger charge is 2.26. The third kappa shape index (κ3) is 4.58. The van der Waals surface area contributed by atoms with Gasteiger partial charge in [0.25, 0.3) is 0 Å². The molecule has 144 valence electrons. The van der Waals surface area contributed by atoms with Gasteiger partial charge >= 0.3 is 6.03 Å². The number of carbonyl (C=O) groups is 2. The lowest BCUT2D eigenvalue weighted by molar-refractivity contribution is -0.119. The molecule has 3 aromatic rings. The van der Waals surface area contributed by atoms with Crippen molar-refractivity contribution in [1.82, 2.24) is 25.4 Å². The Labute approximate surface area is 167 Å². The number of nitrogens with zero attached hydrogens (tertiary/aromatic N) is 3. The molecule has 2 aromatic carbocycles. The Morgan fingerprint density at radius 1 is 1.11 bits per heavy atom. The summed E-state index contributed by atoms with van der Waals surface area (Å²) < 4.78 is 1.84. The molecule has 28 heavy (non-hydrogen) atoms. The first-order chi connectivity index (χ1) is 13.6. The Balaban J connectivity index is 1.91. The highest BCUT2D eigenvalue weighted by atomic mass is 32.2. The predicted molar refractivity (Wildman–Crippen MR) is 108 cm³/mol. The molecule has 3 rings (SSSR count). The first-order valence-electron chi connectivity index (χ1n) is 8.86. The van der Waals surface area contributed by atoms with Crippen molar-refractivity contribution in [3.8, 4) is 5.69 Å². The lowest BCUT2D eigenvalue weighted by Crippen LogP contribution is -2.41. The van der Waals surface area contributed by atoms with Gasteiger partial charge in [-0.3, -0.25) is 14.7 Å². The standard InChI is InChI=1S/C20H21N5O2S/c1-3-21-19(27)23-18(26)17(15-10-5-4-6-11-15)28-20-24-22-13-25(20)16-12-8-7-9-14(16)2/h4-13,17H,3H2,1-2H3,(H2,21,23,26,27)/t17-/m0/s1. The van der Waals surface area contributed by atoms with Crippen LogP contribution in [0.4, 0.5) is 4.79 Å². The van der Waals surface area contributed by atoms with E-state index in [1.54, 1.807) is 13.3 Å². The fraction of sp³-hybridized carbons (Fsp3) is 0.200. The minimum atomic E-state index is -0.657. The molecule has 0 aliphatic rings. The number of amides is 3. The van der Waals surface area contributed by atoms with Gasteiger partial charge in [-0.05, 0) is 31.0 Å². The molecule has 1 aromatic heterocycles. The summed E-state index contributed by atoms with van der Waals surface area (Å²) in [4.78, 5) is 24.7. The van der Waals surface area contributed by atoms with Gasteiger partial charge in [0.05, 0.1) is 5.69 Å². The average Bonchev–Trinajstić information content (AvgIpc) is 3.15. The molecule has 0 spiro atoms. The summed E-state index contributed by atoms with van der Waals surface area (Å²) in [5.41, 5.74) is 2.77. The van der Waals surface area contributed by atoms with Crippen LogP contribution in [0, 0.1) is 6.92 Å². The third-order valence-corrected chi connectivity index (χ3v) is 5.24. The van der Waals surface area contributed by atoms with E-state index in [1.165, 1.54) is 11.8 Å². The quantitative estimate of drug-likeness (QED) is 0.626. The van der Waals surface area contributed by atoms with Crippen LogP contribution in [0.1, 0.15) is 23.3 Å². The highest BCUT2D eigenvalue weighted by molar-refractivity contribution is 8.00. The van der Waals surface area contributed by atoms with Crippen LogP contribution in [0.3, 0.4) is 0 Å². The number of hydrogen-bond acceptors (Lipinski definition) is 5. The first kappa shape index (κ1) is 19.6. The number of hydrogen-bond donors (Lipinski definition) is 2. The summed E-state index contributed by atoms with van der Waals surface area (Å²) >= 11 is 1.24. The summed E-state index contributed by atoms with van der Waals surface area (Å²) in [5, 5.41) is 13.1. The van der Waals surface area contributed by atoms with Gasteiger partial charge in [0.1, 0.15) is 11.6 Å². The van der Waals surface area contributed by atoms with E-state index in [4.69, 9.17) is 0 Å². The van der Waals surface area contributed by atoms with Crippen molar-refractivity contribution in [3.05, 3.63) is 72.1 Å². The molecule has 0 aliphatic heterocycles. The third-order valence-electron chi connectivity index (χ3n) is 4.03. The second-order valence-corrected chi connectivity index (χ2v) is 7.10. The van der Waals surface area contributed by atoms with Crippen molar-refractivity contribution >= 4 is 23.7 Å². The number of imide groups is 1. The zero-order valence-corrected chi connectivity index (χ0v) is 16.4. The number of rotatable bonds is 6. The number of aromatic nitrogens is 3. The van der Waals surface area contributed by atoms with E-state index < -0.39 is 17.2 Å². The first-order valence-corrected chi connectivity index (χ1v) is 9.74. The molecule has 0 aliphatic carbocycles. The van der Waals surface area contributed by atoms with Crippen LogP contribution in [0.15, 0.2) is 66.1 Å². The Bertz CT molecular complexity index is 958. The minimum Gasteiger partial charge on any atom is -0.338 e. The van der Waals surface area contributed by atoms with Crippen LogP contribution < -0.4 is 10.6 Å². The van der Waals surface area contributed by atoms with Crippen molar-refractivity contribution in [1.29, 1.82) is 0 Å². The molecule has 0 bridgehead atoms. The predicted octanol–water partition coefficient (Wildman–Crippen LogP) is 3.25. The average molecular weight is 395 g/mol. The summed E-state index contributed by atoms with van der Waals surface area (Å²) in [6.07, 6.45) is 1.62. The molecular formula is C20H21N5O2S. The smallest absolute Gasteiger partial charge is 0.321 e. The van der Waals surface area contributed by atoms with Crippen LogP contribution in [0.25, 0.3) is 5.69 Å². The van der Waals surface area contributed by atoms with E-state index in [9.17, 15) is 9.59 Å². The maximum absolute atomic E-state index is 12.8. The molecule has 0 radical (unpaired) electrons. The van der Waals surface area contributed by atoms with E-state index in [2.05, 4.69) is 20.8 Å². The van der Waals surface area contributed by atoms with Crippen molar-refractivity contribution in [3.63, 3.8) is 0 Å². The zero-order chi connectivity index (χ0) is 19.9. The van der Waals surface area contributed by atoms with Crippen LogP contribution in [0.2, 0.25) is 0 Å². The Hall–Kier alpha value is -3.13. The maximum Gasteiger partial charge on any atom is 0.321 e. The zero-order valence-electron chi connectivity index (χ0n) is 15.6. The highest BCUT2D eigenvalue weighted by Crippen LogP contribution is 2.35. The summed E-state index contributed by atoms with van der Waals surface area (Å²) in [7, 11) is 0. The summed E-state index contributed by atoms with van der Waals surface area (Å²) in [6, 6.07) is 16.6. The van der Waals surface area contributed by atoms with Gasteiger partial charge < -0.3 is 5.32 Å². The Morgan fingerprint density at radius 2 is 1.82 bits per heavy atom. The molecule has 1 atom stereocenters. The van der Waals surface area contributed by atoms with Gasteiger partial charge in [-0.15, -0.1) is 10.2 Å². The Morgan fingerprint density at radius 3 is 2.54 bits per heavy atom. The van der Waals surface area contributed by atoms with Gasteiger partial charge in [0.2, 0.25) is 5.91 Å². The number of benzene rings is 2. The van der Waals surface area contributed by atoms with Crippen LogP contribution in [-0.4, -0.2) is 33.2 Å². The summed E-state index contributed by atoms with van der Waals surface area (Å²) in [6.45, 7) is 4.22. The summed E-state index contributed by atoms with van der Waals surface area (Å²) in [5.74, 6) is -0.415. The number of carbonyl (C=O) groups excluding carboxylic acids is 2. The maximum atomic E-state index is 12.8. The van der Waals surface area contributed by atoms with E-state index in [0.29, 0.717) is 11.7 Å². The number of thioether (sulfide) groups is 1. The largest absolute Gasteiger partial charge is 0.338 e. The number of aryl methyl sites for hydroxylation is 1. The van der Waals surface area contributed by atoms with Gasteiger partial charge in [0.15, 0.2) is 5.16 Å². The normalized spacial score (nSPS) is 11.6. The lowest BCUT2D eigenvalue weighted by atomic mass is 10.1.